The zero-order valence-corrected chi connectivity index (χ0v) is 18.4. The number of benzene rings is 2. The highest BCUT2D eigenvalue weighted by molar-refractivity contribution is 6.02. The van der Waals surface area contributed by atoms with Crippen molar-refractivity contribution < 1.29 is 14.0 Å². The summed E-state index contributed by atoms with van der Waals surface area (Å²) in [6, 6.07) is 11.6. The summed E-state index contributed by atoms with van der Waals surface area (Å²) in [6.07, 6.45) is 4.43. The number of nitrogens with one attached hydrogen (secondary N) is 2. The lowest BCUT2D eigenvalue weighted by atomic mass is 9.97. The van der Waals surface area contributed by atoms with Gasteiger partial charge < -0.3 is 15.5 Å². The van der Waals surface area contributed by atoms with Crippen molar-refractivity contribution in [2.24, 2.45) is 5.92 Å². The molecule has 6 heteroatoms. The first kappa shape index (κ1) is 22.8. The fraction of sp³-hybridized carbons (Fsp3) is 0.440. The summed E-state index contributed by atoms with van der Waals surface area (Å²) in [5, 5.41) is 5.85. The molecule has 1 heterocycles. The minimum Gasteiger partial charge on any atom is -0.371 e. The Kier molecular flexibility index (Phi) is 8.04. The standard InChI is InChI=1S/C25H32FN3O2/c1-3-4-5-24(30)28-21-10-11-23(29-14-12-18(2)13-15-29)22(16-21)25(31)27-17-19-6-8-20(26)9-7-19/h6-11,16,18H,3-5,12-15,17H2,1-2H3,(H,27,31)(H,28,30). The predicted molar refractivity (Wildman–Crippen MR) is 123 cm³/mol. The van der Waals surface area contributed by atoms with E-state index >= 15 is 0 Å². The maximum absolute atomic E-state index is 13.1. The second kappa shape index (κ2) is 10.9. The molecule has 0 unspecified atom stereocenters. The van der Waals surface area contributed by atoms with E-state index in [4.69, 9.17) is 0 Å². The van der Waals surface area contributed by atoms with Gasteiger partial charge in [0.2, 0.25) is 5.91 Å². The minimum absolute atomic E-state index is 0.0425. The van der Waals surface area contributed by atoms with Gasteiger partial charge in [-0.2, -0.15) is 0 Å². The molecule has 0 saturated carbocycles. The van der Waals surface area contributed by atoms with E-state index in [0.717, 1.165) is 50.0 Å². The lowest BCUT2D eigenvalue weighted by Gasteiger charge is -2.33. The van der Waals surface area contributed by atoms with Crippen LogP contribution in [0.4, 0.5) is 15.8 Å². The third-order valence-corrected chi connectivity index (χ3v) is 5.77. The first-order valence-electron chi connectivity index (χ1n) is 11.2. The smallest absolute Gasteiger partial charge is 0.253 e. The van der Waals surface area contributed by atoms with Gasteiger partial charge in [-0.1, -0.05) is 32.4 Å². The van der Waals surface area contributed by atoms with Gasteiger partial charge in [0.1, 0.15) is 5.82 Å². The van der Waals surface area contributed by atoms with Crippen molar-refractivity contribution in [3.05, 3.63) is 59.4 Å². The number of anilines is 2. The molecule has 0 radical (unpaired) electrons. The van der Waals surface area contributed by atoms with E-state index in [1.165, 1.54) is 12.1 Å². The third-order valence-electron chi connectivity index (χ3n) is 5.77. The number of rotatable bonds is 8. The quantitative estimate of drug-likeness (QED) is 0.617. The van der Waals surface area contributed by atoms with Crippen LogP contribution in [0.1, 0.15) is 61.9 Å². The zero-order valence-electron chi connectivity index (χ0n) is 18.4. The highest BCUT2D eigenvalue weighted by Gasteiger charge is 2.22. The van der Waals surface area contributed by atoms with E-state index in [1.807, 2.05) is 19.1 Å². The number of piperidine rings is 1. The summed E-state index contributed by atoms with van der Waals surface area (Å²) in [5.74, 6) is 0.133. The summed E-state index contributed by atoms with van der Waals surface area (Å²) in [6.45, 7) is 6.42. The van der Waals surface area contributed by atoms with E-state index in [1.54, 1.807) is 18.2 Å². The molecule has 2 aromatic carbocycles. The van der Waals surface area contributed by atoms with Crippen LogP contribution in [0.15, 0.2) is 42.5 Å². The van der Waals surface area contributed by atoms with E-state index < -0.39 is 0 Å². The van der Waals surface area contributed by atoms with Gasteiger partial charge in [-0.25, -0.2) is 4.39 Å². The van der Waals surface area contributed by atoms with Crippen LogP contribution in [0, 0.1) is 11.7 Å². The van der Waals surface area contributed by atoms with E-state index in [0.29, 0.717) is 30.1 Å². The molecule has 31 heavy (non-hydrogen) atoms. The number of unbranched alkanes of at least 4 members (excludes halogenated alkanes) is 1. The maximum Gasteiger partial charge on any atom is 0.253 e. The van der Waals surface area contributed by atoms with Gasteiger partial charge in [0, 0.05) is 37.4 Å². The van der Waals surface area contributed by atoms with Crippen molar-refractivity contribution in [1.29, 1.82) is 0 Å². The summed E-state index contributed by atoms with van der Waals surface area (Å²) >= 11 is 0. The molecule has 0 atom stereocenters. The lowest BCUT2D eigenvalue weighted by molar-refractivity contribution is -0.116. The first-order valence-corrected chi connectivity index (χ1v) is 11.2. The molecular weight excluding hydrogens is 393 g/mol. The van der Waals surface area contributed by atoms with Crippen molar-refractivity contribution in [2.45, 2.75) is 52.5 Å². The van der Waals surface area contributed by atoms with Gasteiger partial charge in [-0.3, -0.25) is 9.59 Å². The van der Waals surface area contributed by atoms with E-state index in [2.05, 4.69) is 22.5 Å². The van der Waals surface area contributed by atoms with Gasteiger partial charge in [0.15, 0.2) is 0 Å². The van der Waals surface area contributed by atoms with Gasteiger partial charge in [-0.15, -0.1) is 0 Å². The maximum atomic E-state index is 13.1. The molecule has 1 aliphatic rings. The Morgan fingerprint density at radius 2 is 1.81 bits per heavy atom. The molecule has 5 nitrogen and oxygen atoms in total. The molecule has 3 rings (SSSR count). The number of hydrogen-bond donors (Lipinski definition) is 2. The SMILES string of the molecule is CCCCC(=O)Nc1ccc(N2CCC(C)CC2)c(C(=O)NCc2ccc(F)cc2)c1. The number of hydrogen-bond acceptors (Lipinski definition) is 3. The highest BCUT2D eigenvalue weighted by atomic mass is 19.1. The van der Waals surface area contributed by atoms with Gasteiger partial charge in [0.05, 0.1) is 5.56 Å². The number of carbonyl (C=O) groups excluding carboxylic acids is 2. The Balaban J connectivity index is 1.78. The van der Waals surface area contributed by atoms with Gasteiger partial charge in [0.25, 0.3) is 5.91 Å². The molecule has 2 amide bonds. The number of nitrogens with zero attached hydrogens (tertiary/aromatic N) is 1. The van der Waals surface area contributed by atoms with Crippen LogP contribution in [-0.4, -0.2) is 24.9 Å². The second-order valence-corrected chi connectivity index (χ2v) is 8.36. The molecule has 1 aliphatic heterocycles. The highest BCUT2D eigenvalue weighted by Crippen LogP contribution is 2.29. The summed E-state index contributed by atoms with van der Waals surface area (Å²) in [5.41, 5.74) is 2.88. The average Bonchev–Trinajstić information content (AvgIpc) is 2.77. The van der Waals surface area contributed by atoms with Crippen LogP contribution in [0.25, 0.3) is 0 Å². The fourth-order valence-electron chi connectivity index (χ4n) is 3.76. The van der Waals surface area contributed by atoms with Crippen molar-refractivity contribution in [3.8, 4) is 0 Å². The number of carbonyl (C=O) groups is 2. The lowest BCUT2D eigenvalue weighted by Crippen LogP contribution is -2.35. The largest absolute Gasteiger partial charge is 0.371 e. The molecule has 2 aromatic rings. The molecule has 0 aliphatic carbocycles. The summed E-state index contributed by atoms with van der Waals surface area (Å²) in [7, 11) is 0. The molecular formula is C25H32FN3O2. The van der Waals surface area contributed by atoms with Crippen molar-refractivity contribution in [2.75, 3.05) is 23.3 Å². The Morgan fingerprint density at radius 1 is 1.10 bits per heavy atom. The van der Waals surface area contributed by atoms with Crippen LogP contribution in [0.3, 0.4) is 0 Å². The Hall–Kier alpha value is -2.89. The normalized spacial score (nSPS) is 14.4. The molecule has 0 aromatic heterocycles. The predicted octanol–water partition coefficient (Wildman–Crippen LogP) is 5.12. The summed E-state index contributed by atoms with van der Waals surface area (Å²) in [4.78, 5) is 27.5. The molecule has 1 fully saturated rings. The Morgan fingerprint density at radius 3 is 2.48 bits per heavy atom. The third kappa shape index (κ3) is 6.54. The molecule has 1 saturated heterocycles. The zero-order chi connectivity index (χ0) is 22.2. The topological polar surface area (TPSA) is 61.4 Å². The number of halogens is 1. The molecule has 0 bridgehead atoms. The molecule has 0 spiro atoms. The molecule has 2 N–H and O–H groups in total. The fourth-order valence-corrected chi connectivity index (χ4v) is 3.76. The van der Waals surface area contributed by atoms with Crippen LogP contribution in [0.2, 0.25) is 0 Å². The van der Waals surface area contributed by atoms with Crippen molar-refractivity contribution >= 4 is 23.2 Å². The van der Waals surface area contributed by atoms with Gasteiger partial charge >= 0.3 is 0 Å². The average molecular weight is 426 g/mol. The van der Waals surface area contributed by atoms with Crippen LogP contribution >= 0.6 is 0 Å². The Bertz CT molecular complexity index is 890. The van der Waals surface area contributed by atoms with Crippen molar-refractivity contribution in [1.82, 2.24) is 5.32 Å². The monoisotopic (exact) mass is 425 g/mol. The van der Waals surface area contributed by atoms with Crippen LogP contribution in [0.5, 0.6) is 0 Å². The number of amides is 2. The van der Waals surface area contributed by atoms with E-state index in [-0.39, 0.29) is 17.6 Å². The van der Waals surface area contributed by atoms with Crippen LogP contribution < -0.4 is 15.5 Å². The summed E-state index contributed by atoms with van der Waals surface area (Å²) < 4.78 is 13.1. The van der Waals surface area contributed by atoms with Gasteiger partial charge in [-0.05, 0) is 61.1 Å². The van der Waals surface area contributed by atoms with Crippen LogP contribution in [-0.2, 0) is 11.3 Å². The molecule has 166 valence electrons. The second-order valence-electron chi connectivity index (χ2n) is 8.36. The Labute approximate surface area is 184 Å². The van der Waals surface area contributed by atoms with Crippen molar-refractivity contribution in [3.63, 3.8) is 0 Å². The minimum atomic E-state index is -0.303. The first-order chi connectivity index (χ1) is 15.0. The van der Waals surface area contributed by atoms with E-state index in [9.17, 15) is 14.0 Å².